The maximum absolute atomic E-state index is 13.8. The number of halogens is 3. The van der Waals surface area contributed by atoms with Gasteiger partial charge in [0.25, 0.3) is 0 Å². The lowest BCUT2D eigenvalue weighted by molar-refractivity contribution is -0.129. The van der Waals surface area contributed by atoms with Gasteiger partial charge in [0.05, 0.1) is 12.5 Å². The van der Waals surface area contributed by atoms with Crippen molar-refractivity contribution in [2.75, 3.05) is 39.3 Å². The Balaban J connectivity index is 1.62. The van der Waals surface area contributed by atoms with E-state index in [-0.39, 0.29) is 24.5 Å². The highest BCUT2D eigenvalue weighted by atomic mass is 19.2. The molecule has 8 heteroatoms. The first-order valence-corrected chi connectivity index (χ1v) is 9.30. The van der Waals surface area contributed by atoms with Gasteiger partial charge in [0.2, 0.25) is 5.91 Å². The van der Waals surface area contributed by atoms with Crippen LogP contribution in [-0.2, 0) is 11.2 Å². The Hall–Kier alpha value is -1.64. The number of carbonyl (C=O) groups is 1. The molecule has 3 rings (SSSR count). The molecule has 2 saturated heterocycles. The number of aliphatic hydroxyl groups excluding tert-OH is 2. The summed E-state index contributed by atoms with van der Waals surface area (Å²) in [7, 11) is 0. The number of likely N-dealkylation sites (tertiary alicyclic amines) is 2. The number of nitrogens with zero attached hydrogens (tertiary/aromatic N) is 2. The first kappa shape index (κ1) is 20.1. The molecule has 2 heterocycles. The smallest absolute Gasteiger partial charge is 0.227 e. The topological polar surface area (TPSA) is 64.0 Å². The van der Waals surface area contributed by atoms with Crippen molar-refractivity contribution >= 4 is 5.91 Å². The van der Waals surface area contributed by atoms with E-state index in [0.717, 1.165) is 19.2 Å². The van der Waals surface area contributed by atoms with Crippen LogP contribution in [0.5, 0.6) is 0 Å². The highest BCUT2D eigenvalue weighted by Gasteiger charge is 2.36. The second kappa shape index (κ2) is 8.58. The van der Waals surface area contributed by atoms with Gasteiger partial charge < -0.3 is 20.0 Å². The second-order valence-electron chi connectivity index (χ2n) is 7.53. The Bertz CT molecular complexity index is 680. The van der Waals surface area contributed by atoms with Gasteiger partial charge in [0.15, 0.2) is 11.6 Å². The summed E-state index contributed by atoms with van der Waals surface area (Å²) in [4.78, 5) is 16.2. The van der Waals surface area contributed by atoms with E-state index in [0.29, 0.717) is 38.5 Å². The maximum atomic E-state index is 13.8. The summed E-state index contributed by atoms with van der Waals surface area (Å²) in [5, 5.41) is 19.3. The lowest BCUT2D eigenvalue weighted by atomic mass is 9.95. The number of hydrogen-bond acceptors (Lipinski definition) is 4. The number of piperidine rings is 1. The van der Waals surface area contributed by atoms with Gasteiger partial charge >= 0.3 is 0 Å². The van der Waals surface area contributed by atoms with Crippen molar-refractivity contribution in [2.24, 2.45) is 11.8 Å². The minimum absolute atomic E-state index is 0.0522. The van der Waals surface area contributed by atoms with Crippen molar-refractivity contribution in [1.82, 2.24) is 9.80 Å². The molecule has 27 heavy (non-hydrogen) atoms. The van der Waals surface area contributed by atoms with Gasteiger partial charge in [-0.1, -0.05) is 0 Å². The molecular weight excluding hydrogens is 361 g/mol. The van der Waals surface area contributed by atoms with Crippen molar-refractivity contribution in [3.63, 3.8) is 0 Å². The molecule has 2 N–H and O–H groups in total. The van der Waals surface area contributed by atoms with Gasteiger partial charge in [-0.05, 0) is 30.9 Å². The summed E-state index contributed by atoms with van der Waals surface area (Å²) in [5.74, 6) is -3.99. The minimum atomic E-state index is -1.33. The van der Waals surface area contributed by atoms with Crippen LogP contribution >= 0.6 is 0 Å². The standard InChI is InChI=1S/C19H25F3N2O3/c20-16-1-2-17(21)19(22)15(16)7-18(27)24-9-12(13(10-24)11-25)8-23-5-3-14(26)4-6-23/h1-2,12-14,25-26H,3-11H2/t12-,13-/m1/s1. The summed E-state index contributed by atoms with van der Waals surface area (Å²) in [5.41, 5.74) is -0.561. The zero-order valence-electron chi connectivity index (χ0n) is 15.1. The average molecular weight is 386 g/mol. The Morgan fingerprint density at radius 3 is 2.37 bits per heavy atom. The normalized spacial score (nSPS) is 24.6. The molecule has 2 aliphatic rings. The SMILES string of the molecule is O=C(Cc1c(F)ccc(F)c1F)N1C[C@@H](CN2CCC(O)CC2)[C@@H](CO)C1. The van der Waals surface area contributed by atoms with Crippen LogP contribution in [0.2, 0.25) is 0 Å². The molecule has 0 spiro atoms. The monoisotopic (exact) mass is 386 g/mol. The van der Waals surface area contributed by atoms with E-state index in [2.05, 4.69) is 4.90 Å². The molecule has 150 valence electrons. The average Bonchev–Trinajstić information content (AvgIpc) is 3.07. The molecule has 1 amide bonds. The predicted molar refractivity (Wildman–Crippen MR) is 92.3 cm³/mol. The van der Waals surface area contributed by atoms with Crippen LogP contribution in [0.25, 0.3) is 0 Å². The molecule has 0 saturated carbocycles. The first-order chi connectivity index (χ1) is 12.9. The Morgan fingerprint density at radius 1 is 1.07 bits per heavy atom. The van der Waals surface area contributed by atoms with Crippen LogP contribution < -0.4 is 0 Å². The van der Waals surface area contributed by atoms with E-state index in [4.69, 9.17) is 0 Å². The largest absolute Gasteiger partial charge is 0.396 e. The van der Waals surface area contributed by atoms with E-state index >= 15 is 0 Å². The van der Waals surface area contributed by atoms with Crippen LogP contribution in [-0.4, -0.2) is 71.4 Å². The van der Waals surface area contributed by atoms with Crippen LogP contribution in [0.3, 0.4) is 0 Å². The van der Waals surface area contributed by atoms with Gasteiger partial charge in [-0.15, -0.1) is 0 Å². The fourth-order valence-electron chi connectivity index (χ4n) is 3.98. The molecule has 2 aliphatic heterocycles. The zero-order chi connectivity index (χ0) is 19.6. The molecule has 2 atom stereocenters. The van der Waals surface area contributed by atoms with E-state index in [1.54, 1.807) is 0 Å². The van der Waals surface area contributed by atoms with E-state index < -0.39 is 35.3 Å². The third-order valence-electron chi connectivity index (χ3n) is 5.68. The fraction of sp³-hybridized carbons (Fsp3) is 0.632. The Labute approximate surface area is 156 Å². The van der Waals surface area contributed by atoms with Crippen LogP contribution in [0.1, 0.15) is 18.4 Å². The van der Waals surface area contributed by atoms with Crippen molar-refractivity contribution in [3.05, 3.63) is 35.1 Å². The molecule has 0 bridgehead atoms. The lowest BCUT2D eigenvalue weighted by Crippen LogP contribution is -2.41. The van der Waals surface area contributed by atoms with Crippen molar-refractivity contribution in [1.29, 1.82) is 0 Å². The number of hydrogen-bond donors (Lipinski definition) is 2. The first-order valence-electron chi connectivity index (χ1n) is 9.30. The van der Waals surface area contributed by atoms with E-state index in [9.17, 15) is 28.2 Å². The van der Waals surface area contributed by atoms with Crippen LogP contribution in [0.15, 0.2) is 12.1 Å². The van der Waals surface area contributed by atoms with Crippen molar-refractivity contribution < 1.29 is 28.2 Å². The number of benzene rings is 1. The third-order valence-corrected chi connectivity index (χ3v) is 5.68. The number of amides is 1. The van der Waals surface area contributed by atoms with Crippen molar-refractivity contribution in [2.45, 2.75) is 25.4 Å². The van der Waals surface area contributed by atoms with Crippen LogP contribution in [0.4, 0.5) is 13.2 Å². The third kappa shape index (κ3) is 4.62. The lowest BCUT2D eigenvalue weighted by Gasteiger charge is -2.32. The second-order valence-corrected chi connectivity index (χ2v) is 7.53. The van der Waals surface area contributed by atoms with Crippen LogP contribution in [0, 0.1) is 29.3 Å². The molecule has 0 aliphatic carbocycles. The molecule has 2 fully saturated rings. The molecule has 0 unspecified atom stereocenters. The van der Waals surface area contributed by atoms with Gasteiger partial charge in [0.1, 0.15) is 5.82 Å². The van der Waals surface area contributed by atoms with E-state index in [1.165, 1.54) is 4.90 Å². The van der Waals surface area contributed by atoms with Gasteiger partial charge in [-0.3, -0.25) is 4.79 Å². The van der Waals surface area contributed by atoms with Gasteiger partial charge in [-0.25, -0.2) is 13.2 Å². The summed E-state index contributed by atoms with van der Waals surface area (Å²) < 4.78 is 40.9. The molecule has 0 radical (unpaired) electrons. The van der Waals surface area contributed by atoms with Gasteiger partial charge in [0, 0.05) is 50.8 Å². The van der Waals surface area contributed by atoms with Crippen molar-refractivity contribution in [3.8, 4) is 0 Å². The summed E-state index contributed by atoms with van der Waals surface area (Å²) in [6, 6.07) is 1.51. The van der Waals surface area contributed by atoms with Gasteiger partial charge in [-0.2, -0.15) is 0 Å². The molecule has 0 aromatic heterocycles. The Kier molecular flexibility index (Phi) is 6.39. The minimum Gasteiger partial charge on any atom is -0.396 e. The molecular formula is C19H25F3N2O3. The summed E-state index contributed by atoms with van der Waals surface area (Å²) in [6.45, 7) is 2.86. The number of aliphatic hydroxyl groups is 2. The summed E-state index contributed by atoms with van der Waals surface area (Å²) in [6.07, 6.45) is 0.595. The molecule has 5 nitrogen and oxygen atoms in total. The quantitative estimate of drug-likeness (QED) is 0.746. The fourth-order valence-corrected chi connectivity index (χ4v) is 3.98. The zero-order valence-corrected chi connectivity index (χ0v) is 15.1. The maximum Gasteiger partial charge on any atom is 0.227 e. The van der Waals surface area contributed by atoms with E-state index in [1.807, 2.05) is 0 Å². The number of carbonyl (C=O) groups excluding carboxylic acids is 1. The highest BCUT2D eigenvalue weighted by molar-refractivity contribution is 5.79. The Morgan fingerprint density at radius 2 is 1.70 bits per heavy atom. The predicted octanol–water partition coefficient (Wildman–Crippen LogP) is 1.17. The number of rotatable bonds is 5. The highest BCUT2D eigenvalue weighted by Crippen LogP contribution is 2.27. The molecule has 1 aromatic rings. The molecule has 1 aromatic carbocycles. The summed E-state index contributed by atoms with van der Waals surface area (Å²) >= 11 is 0.